The molecule has 0 bridgehead atoms. The maximum absolute atomic E-state index is 12.7. The van der Waals surface area contributed by atoms with Crippen molar-refractivity contribution in [2.75, 3.05) is 18.6 Å². The number of carbonyl (C=O) groups is 1. The number of thioether (sulfide) groups is 1. The molecule has 5 heteroatoms. The van der Waals surface area contributed by atoms with E-state index in [1.807, 2.05) is 24.3 Å². The van der Waals surface area contributed by atoms with Crippen molar-refractivity contribution in [1.82, 2.24) is 4.90 Å². The Morgan fingerprint density at radius 2 is 1.89 bits per heavy atom. The molecule has 0 spiro atoms. The summed E-state index contributed by atoms with van der Waals surface area (Å²) >= 11 is 1.78. The minimum atomic E-state index is -1.15. The fraction of sp³-hybridized carbons (Fsp3) is 0.522. The summed E-state index contributed by atoms with van der Waals surface area (Å²) in [7, 11) is 1.73. The molecule has 0 unspecified atom stereocenters. The van der Waals surface area contributed by atoms with Crippen molar-refractivity contribution < 1.29 is 9.90 Å². The molecule has 0 heterocycles. The third-order valence-corrected chi connectivity index (χ3v) is 7.04. The van der Waals surface area contributed by atoms with Gasteiger partial charge in [-0.05, 0) is 40.8 Å². The Morgan fingerprint density at radius 1 is 1.18 bits per heavy atom. The molecule has 0 saturated heterocycles. The summed E-state index contributed by atoms with van der Waals surface area (Å²) in [4.78, 5) is 14.3. The van der Waals surface area contributed by atoms with E-state index < -0.39 is 12.1 Å². The standard InChI is InChI=1S/C23H32N2O2S/c1-25(14-19-12-7-11-18-10-5-6-13-20(18)19)23(27)22(26)21(24)16-28-15-17-8-3-2-4-9-17/h5-7,10-13,17,21-22,26H,2-4,8-9,14-16,24H2,1H3/t21-,22+/m1/s1. The number of likely N-dealkylation sites (N-methyl/N-ethyl adjacent to an activating group) is 1. The molecular weight excluding hydrogens is 368 g/mol. The first-order chi connectivity index (χ1) is 13.6. The Bertz CT molecular complexity index is 771. The predicted molar refractivity (Wildman–Crippen MR) is 118 cm³/mol. The lowest BCUT2D eigenvalue weighted by Gasteiger charge is -2.26. The van der Waals surface area contributed by atoms with Crippen LogP contribution in [0, 0.1) is 5.92 Å². The van der Waals surface area contributed by atoms with Crippen molar-refractivity contribution in [1.29, 1.82) is 0 Å². The topological polar surface area (TPSA) is 66.6 Å². The summed E-state index contributed by atoms with van der Waals surface area (Å²) < 4.78 is 0. The molecule has 4 nitrogen and oxygen atoms in total. The largest absolute Gasteiger partial charge is 0.382 e. The van der Waals surface area contributed by atoms with Gasteiger partial charge in [-0.3, -0.25) is 4.79 Å². The van der Waals surface area contributed by atoms with Gasteiger partial charge in [0.1, 0.15) is 6.10 Å². The van der Waals surface area contributed by atoms with Gasteiger partial charge in [-0.2, -0.15) is 11.8 Å². The Morgan fingerprint density at radius 3 is 2.68 bits per heavy atom. The normalized spacial score (nSPS) is 17.4. The van der Waals surface area contributed by atoms with Crippen LogP contribution >= 0.6 is 11.8 Å². The fourth-order valence-corrected chi connectivity index (χ4v) is 5.25. The van der Waals surface area contributed by atoms with Crippen molar-refractivity contribution in [2.24, 2.45) is 11.7 Å². The second kappa shape index (κ2) is 10.3. The van der Waals surface area contributed by atoms with Gasteiger partial charge >= 0.3 is 0 Å². The zero-order valence-corrected chi connectivity index (χ0v) is 17.5. The highest BCUT2D eigenvalue weighted by atomic mass is 32.2. The van der Waals surface area contributed by atoms with Gasteiger partial charge in [0.2, 0.25) is 0 Å². The highest BCUT2D eigenvalue weighted by Crippen LogP contribution is 2.27. The second-order valence-electron chi connectivity index (χ2n) is 7.98. The molecule has 152 valence electrons. The van der Waals surface area contributed by atoms with Gasteiger partial charge in [0.05, 0.1) is 0 Å². The quantitative estimate of drug-likeness (QED) is 0.707. The highest BCUT2D eigenvalue weighted by Gasteiger charge is 2.26. The van der Waals surface area contributed by atoms with Crippen LogP contribution in [0.2, 0.25) is 0 Å². The number of carbonyl (C=O) groups excluding carboxylic acids is 1. The van der Waals surface area contributed by atoms with Crippen LogP contribution in [-0.2, 0) is 11.3 Å². The molecule has 2 atom stereocenters. The Kier molecular flexibility index (Phi) is 7.77. The van der Waals surface area contributed by atoms with Crippen LogP contribution in [0.1, 0.15) is 37.7 Å². The van der Waals surface area contributed by atoms with E-state index in [2.05, 4.69) is 18.2 Å². The van der Waals surface area contributed by atoms with E-state index >= 15 is 0 Å². The molecule has 3 N–H and O–H groups in total. The smallest absolute Gasteiger partial charge is 0.253 e. The molecule has 1 amide bonds. The number of amides is 1. The first kappa shape index (κ1) is 21.2. The molecule has 2 aromatic carbocycles. The molecule has 1 aliphatic rings. The van der Waals surface area contributed by atoms with Crippen LogP contribution in [0.15, 0.2) is 42.5 Å². The van der Waals surface area contributed by atoms with Crippen molar-refractivity contribution in [3.63, 3.8) is 0 Å². The molecule has 28 heavy (non-hydrogen) atoms. The van der Waals surface area contributed by atoms with Crippen molar-refractivity contribution in [3.05, 3.63) is 48.0 Å². The predicted octanol–water partition coefficient (Wildman–Crippen LogP) is 3.80. The molecule has 0 aliphatic heterocycles. The van der Waals surface area contributed by atoms with Gasteiger partial charge in [0.15, 0.2) is 0 Å². The van der Waals surface area contributed by atoms with E-state index in [1.54, 1.807) is 23.7 Å². The number of hydrogen-bond acceptors (Lipinski definition) is 4. The van der Waals surface area contributed by atoms with Crippen LogP contribution in [0.25, 0.3) is 10.8 Å². The van der Waals surface area contributed by atoms with Gasteiger partial charge in [0.25, 0.3) is 5.91 Å². The maximum Gasteiger partial charge on any atom is 0.253 e. The van der Waals surface area contributed by atoms with Crippen molar-refractivity contribution >= 4 is 28.4 Å². The molecular formula is C23H32N2O2S. The monoisotopic (exact) mass is 400 g/mol. The fourth-order valence-electron chi connectivity index (χ4n) is 3.99. The summed E-state index contributed by atoms with van der Waals surface area (Å²) in [5, 5.41) is 12.7. The highest BCUT2D eigenvalue weighted by molar-refractivity contribution is 7.99. The van der Waals surface area contributed by atoms with Gasteiger partial charge in [-0.25, -0.2) is 0 Å². The molecule has 2 aromatic rings. The SMILES string of the molecule is CN(Cc1cccc2ccccc12)C(=O)[C@@H](O)[C@H](N)CSCC1CCCCC1. The minimum Gasteiger partial charge on any atom is -0.382 e. The molecule has 0 radical (unpaired) electrons. The van der Waals surface area contributed by atoms with Crippen LogP contribution in [0.3, 0.4) is 0 Å². The molecule has 1 aliphatic carbocycles. The number of nitrogens with two attached hydrogens (primary N) is 1. The van der Waals surface area contributed by atoms with Gasteiger partial charge in [-0.1, -0.05) is 61.7 Å². The minimum absolute atomic E-state index is 0.307. The summed E-state index contributed by atoms with van der Waals surface area (Å²) in [6, 6.07) is 13.7. The van der Waals surface area contributed by atoms with Gasteiger partial charge in [0, 0.05) is 25.4 Å². The number of aliphatic hydroxyl groups is 1. The lowest BCUT2D eigenvalue weighted by Crippen LogP contribution is -2.48. The average Bonchev–Trinajstić information content (AvgIpc) is 2.73. The lowest BCUT2D eigenvalue weighted by atomic mass is 9.91. The third kappa shape index (κ3) is 5.49. The summed E-state index contributed by atoms with van der Waals surface area (Å²) in [5.41, 5.74) is 7.21. The number of hydrogen-bond donors (Lipinski definition) is 2. The first-order valence-electron chi connectivity index (χ1n) is 10.3. The average molecular weight is 401 g/mol. The Balaban J connectivity index is 1.51. The van der Waals surface area contributed by atoms with E-state index in [9.17, 15) is 9.90 Å². The first-order valence-corrected chi connectivity index (χ1v) is 11.4. The van der Waals surface area contributed by atoms with Crippen LogP contribution in [-0.4, -0.2) is 46.6 Å². The lowest BCUT2D eigenvalue weighted by molar-refractivity contribution is -0.140. The van der Waals surface area contributed by atoms with Crippen LogP contribution in [0.5, 0.6) is 0 Å². The maximum atomic E-state index is 12.7. The Labute approximate surface area is 172 Å². The zero-order chi connectivity index (χ0) is 19.9. The number of benzene rings is 2. The summed E-state index contributed by atoms with van der Waals surface area (Å²) in [6.07, 6.45) is 5.47. The van der Waals surface area contributed by atoms with Crippen LogP contribution < -0.4 is 5.73 Å². The Hall–Kier alpha value is -1.56. The number of fused-ring (bicyclic) bond motifs is 1. The second-order valence-corrected chi connectivity index (χ2v) is 9.06. The molecule has 0 aromatic heterocycles. The van der Waals surface area contributed by atoms with E-state index in [0.29, 0.717) is 12.3 Å². The number of aliphatic hydroxyl groups excluding tert-OH is 1. The van der Waals surface area contributed by atoms with E-state index in [-0.39, 0.29) is 5.91 Å². The zero-order valence-electron chi connectivity index (χ0n) is 16.7. The molecule has 1 fully saturated rings. The van der Waals surface area contributed by atoms with E-state index in [1.165, 1.54) is 32.1 Å². The number of rotatable bonds is 8. The van der Waals surface area contributed by atoms with Crippen molar-refractivity contribution in [3.8, 4) is 0 Å². The summed E-state index contributed by atoms with van der Waals surface area (Å²) in [5.74, 6) is 2.16. The van der Waals surface area contributed by atoms with E-state index in [0.717, 1.165) is 28.0 Å². The number of nitrogens with zero attached hydrogens (tertiary/aromatic N) is 1. The van der Waals surface area contributed by atoms with Gasteiger partial charge in [-0.15, -0.1) is 0 Å². The molecule has 3 rings (SSSR count). The van der Waals surface area contributed by atoms with Gasteiger partial charge < -0.3 is 15.7 Å². The van der Waals surface area contributed by atoms with Crippen LogP contribution in [0.4, 0.5) is 0 Å². The third-order valence-electron chi connectivity index (χ3n) is 5.71. The summed E-state index contributed by atoms with van der Waals surface area (Å²) in [6.45, 7) is 0.458. The van der Waals surface area contributed by atoms with Crippen molar-refractivity contribution in [2.45, 2.75) is 50.8 Å². The molecule has 1 saturated carbocycles. The van der Waals surface area contributed by atoms with E-state index in [4.69, 9.17) is 5.73 Å².